The normalized spacial score (nSPS) is 18.5. The fourth-order valence-corrected chi connectivity index (χ4v) is 3.24. The Bertz CT molecular complexity index is 803. The Hall–Kier alpha value is -2.04. The molecule has 0 aromatic heterocycles. The Balaban J connectivity index is 1.53. The van der Waals surface area contributed by atoms with Gasteiger partial charge in [-0.3, -0.25) is 9.59 Å². The molecule has 6 heteroatoms. The van der Waals surface area contributed by atoms with Crippen LogP contribution in [0.15, 0.2) is 42.5 Å². The summed E-state index contributed by atoms with van der Waals surface area (Å²) >= 11 is 12.1. The summed E-state index contributed by atoms with van der Waals surface area (Å²) in [5.41, 5.74) is 2.58. The van der Waals surface area contributed by atoms with Crippen LogP contribution in [-0.4, -0.2) is 11.8 Å². The molecular weight excluding hydrogens is 359 g/mol. The number of amides is 2. The smallest absolute Gasteiger partial charge is 0.228 e. The number of anilines is 1. The minimum absolute atomic E-state index is 0.105. The fraction of sp³-hybridized carbons (Fsp3) is 0.263. The molecule has 0 saturated heterocycles. The van der Waals surface area contributed by atoms with E-state index < -0.39 is 0 Å². The molecule has 4 nitrogen and oxygen atoms in total. The van der Waals surface area contributed by atoms with Crippen LogP contribution in [0.25, 0.3) is 0 Å². The van der Waals surface area contributed by atoms with E-state index >= 15 is 0 Å². The van der Waals surface area contributed by atoms with Crippen LogP contribution in [0.2, 0.25) is 10.0 Å². The highest BCUT2D eigenvalue weighted by Crippen LogP contribution is 2.40. The molecule has 0 spiro atoms. The van der Waals surface area contributed by atoms with E-state index in [1.807, 2.05) is 31.2 Å². The quantitative estimate of drug-likeness (QED) is 0.821. The summed E-state index contributed by atoms with van der Waals surface area (Å²) in [4.78, 5) is 24.5. The highest BCUT2D eigenvalue weighted by atomic mass is 35.5. The van der Waals surface area contributed by atoms with Gasteiger partial charge < -0.3 is 10.6 Å². The van der Waals surface area contributed by atoms with Gasteiger partial charge in [0.2, 0.25) is 11.8 Å². The summed E-state index contributed by atoms with van der Waals surface area (Å²) in [6.45, 7) is 2.47. The number of aryl methyl sites for hydroxylation is 1. The molecule has 0 bridgehead atoms. The van der Waals surface area contributed by atoms with Crippen LogP contribution in [0.3, 0.4) is 0 Å². The average molecular weight is 377 g/mol. The molecule has 1 saturated carbocycles. The Labute approximate surface area is 156 Å². The van der Waals surface area contributed by atoms with Crippen LogP contribution < -0.4 is 10.6 Å². The van der Waals surface area contributed by atoms with Gasteiger partial charge in [-0.25, -0.2) is 0 Å². The molecule has 0 heterocycles. The third-order valence-electron chi connectivity index (χ3n) is 4.22. The Morgan fingerprint density at radius 3 is 2.36 bits per heavy atom. The number of benzene rings is 2. The number of carbonyl (C=O) groups is 2. The van der Waals surface area contributed by atoms with Gasteiger partial charge >= 0.3 is 0 Å². The van der Waals surface area contributed by atoms with Gasteiger partial charge in [-0.2, -0.15) is 0 Å². The second kappa shape index (κ2) is 7.46. The van der Waals surface area contributed by atoms with Crippen molar-refractivity contribution in [3.63, 3.8) is 0 Å². The minimum atomic E-state index is -0.343. The van der Waals surface area contributed by atoms with Crippen molar-refractivity contribution in [2.45, 2.75) is 19.9 Å². The number of rotatable bonds is 5. The first-order valence-corrected chi connectivity index (χ1v) is 8.79. The fourth-order valence-electron chi connectivity index (χ4n) is 2.75. The van der Waals surface area contributed by atoms with Crippen molar-refractivity contribution in [1.29, 1.82) is 0 Å². The summed E-state index contributed by atoms with van der Waals surface area (Å²) < 4.78 is 0. The molecule has 2 N–H and O–H groups in total. The van der Waals surface area contributed by atoms with Crippen molar-refractivity contribution in [3.8, 4) is 0 Å². The van der Waals surface area contributed by atoms with Crippen molar-refractivity contribution < 1.29 is 9.59 Å². The zero-order valence-corrected chi connectivity index (χ0v) is 15.2. The number of nitrogens with one attached hydrogen (secondary N) is 2. The second-order valence-corrected chi connectivity index (χ2v) is 7.06. The standard InChI is InChI=1S/C19H18Cl2N2O2/c1-11-4-2-5-12(8-11)10-22-18(24)13-9-14(13)19(25)23-17-15(20)6-3-7-16(17)21/h2-8,13-14H,9-10H2,1H3,(H,22,24)(H,23,25). The molecule has 0 radical (unpaired) electrons. The van der Waals surface area contributed by atoms with Gasteiger partial charge in [0.05, 0.1) is 27.6 Å². The van der Waals surface area contributed by atoms with Crippen LogP contribution in [0, 0.1) is 18.8 Å². The van der Waals surface area contributed by atoms with Crippen LogP contribution >= 0.6 is 23.2 Å². The summed E-state index contributed by atoms with van der Waals surface area (Å²) in [6, 6.07) is 13.0. The van der Waals surface area contributed by atoms with Gasteiger partial charge in [-0.15, -0.1) is 0 Å². The molecule has 130 valence electrons. The highest BCUT2D eigenvalue weighted by molar-refractivity contribution is 6.39. The van der Waals surface area contributed by atoms with Crippen LogP contribution in [0.5, 0.6) is 0 Å². The van der Waals surface area contributed by atoms with Crippen molar-refractivity contribution >= 4 is 40.7 Å². The van der Waals surface area contributed by atoms with Crippen LogP contribution in [0.1, 0.15) is 17.5 Å². The molecule has 25 heavy (non-hydrogen) atoms. The largest absolute Gasteiger partial charge is 0.352 e. The Kier molecular flexibility index (Phi) is 5.30. The third kappa shape index (κ3) is 4.33. The van der Waals surface area contributed by atoms with Gasteiger partial charge in [0.25, 0.3) is 0 Å². The van der Waals surface area contributed by atoms with Crippen molar-refractivity contribution in [2.24, 2.45) is 11.8 Å². The topological polar surface area (TPSA) is 58.2 Å². The van der Waals surface area contributed by atoms with Gasteiger partial charge in [0.1, 0.15) is 0 Å². The molecule has 3 rings (SSSR count). The van der Waals surface area contributed by atoms with Crippen LogP contribution in [0.4, 0.5) is 5.69 Å². The molecular formula is C19H18Cl2N2O2. The van der Waals surface area contributed by atoms with Gasteiger partial charge in [0.15, 0.2) is 0 Å². The molecule has 2 aromatic carbocycles. The van der Waals surface area contributed by atoms with Crippen LogP contribution in [-0.2, 0) is 16.1 Å². The Morgan fingerprint density at radius 1 is 1.04 bits per heavy atom. The van der Waals surface area contributed by atoms with Crippen molar-refractivity contribution in [1.82, 2.24) is 5.32 Å². The minimum Gasteiger partial charge on any atom is -0.352 e. The number of halogens is 2. The average Bonchev–Trinajstić information content (AvgIpc) is 3.37. The van der Waals surface area contributed by atoms with E-state index in [0.717, 1.165) is 11.1 Å². The van der Waals surface area contributed by atoms with Gasteiger partial charge in [-0.05, 0) is 31.0 Å². The molecule has 2 aromatic rings. The number of hydrogen-bond acceptors (Lipinski definition) is 2. The summed E-state index contributed by atoms with van der Waals surface area (Å²) in [5, 5.41) is 6.37. The summed E-state index contributed by atoms with van der Waals surface area (Å²) in [7, 11) is 0. The van der Waals surface area contributed by atoms with Gasteiger partial charge in [-0.1, -0.05) is 59.1 Å². The van der Waals surface area contributed by atoms with E-state index in [-0.39, 0.29) is 23.7 Å². The second-order valence-electron chi connectivity index (χ2n) is 6.24. The van der Waals surface area contributed by atoms with E-state index in [2.05, 4.69) is 10.6 Å². The molecule has 2 amide bonds. The number of carbonyl (C=O) groups excluding carboxylic acids is 2. The SMILES string of the molecule is Cc1cccc(CNC(=O)C2CC2C(=O)Nc2c(Cl)cccc2Cl)c1. The molecule has 2 atom stereocenters. The lowest BCUT2D eigenvalue weighted by Gasteiger charge is -2.09. The third-order valence-corrected chi connectivity index (χ3v) is 4.85. The summed E-state index contributed by atoms with van der Waals surface area (Å²) in [5.74, 6) is -0.978. The van der Waals surface area contributed by atoms with E-state index in [4.69, 9.17) is 23.2 Å². The maximum atomic E-state index is 12.3. The zero-order chi connectivity index (χ0) is 18.0. The number of para-hydroxylation sites is 1. The maximum Gasteiger partial charge on any atom is 0.228 e. The van der Waals surface area contributed by atoms with Gasteiger partial charge in [0, 0.05) is 6.54 Å². The lowest BCUT2D eigenvalue weighted by atomic mass is 10.1. The molecule has 0 aliphatic heterocycles. The van der Waals surface area contributed by atoms with E-state index in [1.54, 1.807) is 18.2 Å². The molecule has 1 aliphatic carbocycles. The Morgan fingerprint density at radius 2 is 1.68 bits per heavy atom. The van der Waals surface area contributed by atoms with Crippen molar-refractivity contribution in [3.05, 3.63) is 63.6 Å². The van der Waals surface area contributed by atoms with E-state index in [1.165, 1.54) is 0 Å². The zero-order valence-electron chi connectivity index (χ0n) is 13.7. The van der Waals surface area contributed by atoms with Crippen molar-refractivity contribution in [2.75, 3.05) is 5.32 Å². The van der Waals surface area contributed by atoms with E-state index in [9.17, 15) is 9.59 Å². The first kappa shape index (κ1) is 17.8. The first-order chi connectivity index (χ1) is 12.0. The molecule has 1 fully saturated rings. The highest BCUT2D eigenvalue weighted by Gasteiger charge is 2.48. The summed E-state index contributed by atoms with van der Waals surface area (Å²) in [6.07, 6.45) is 0.535. The first-order valence-electron chi connectivity index (χ1n) is 8.04. The number of hydrogen-bond donors (Lipinski definition) is 2. The monoisotopic (exact) mass is 376 g/mol. The lowest BCUT2D eigenvalue weighted by Crippen LogP contribution is -2.27. The predicted molar refractivity (Wildman–Crippen MR) is 99.7 cm³/mol. The lowest BCUT2D eigenvalue weighted by molar-refractivity contribution is -0.125. The molecule has 1 aliphatic rings. The maximum absolute atomic E-state index is 12.3. The predicted octanol–water partition coefficient (Wildman–Crippen LogP) is 4.19. The molecule has 2 unspecified atom stereocenters. The van der Waals surface area contributed by atoms with E-state index in [0.29, 0.717) is 28.7 Å².